The average Bonchev–Trinajstić information content (AvgIpc) is 3.20. The van der Waals surface area contributed by atoms with Gasteiger partial charge in [-0.25, -0.2) is 4.98 Å². The zero-order valence-electron chi connectivity index (χ0n) is 15.5. The summed E-state index contributed by atoms with van der Waals surface area (Å²) in [4.78, 5) is 21.2. The second-order valence-electron chi connectivity index (χ2n) is 6.89. The summed E-state index contributed by atoms with van der Waals surface area (Å²) in [5.74, 6) is 1.94. The lowest BCUT2D eigenvalue weighted by atomic mass is 10.0. The Morgan fingerprint density at radius 1 is 1.40 bits per heavy atom. The van der Waals surface area contributed by atoms with Gasteiger partial charge in [-0.1, -0.05) is 5.16 Å². The minimum atomic E-state index is 0.152. The van der Waals surface area contributed by atoms with Gasteiger partial charge in [-0.3, -0.25) is 4.79 Å². The maximum Gasteiger partial charge on any atom is 0.223 e. The molecule has 0 bridgehead atoms. The van der Waals surface area contributed by atoms with Crippen molar-refractivity contribution < 1.29 is 9.32 Å². The van der Waals surface area contributed by atoms with Crippen molar-refractivity contribution >= 4 is 11.7 Å². The smallest absolute Gasteiger partial charge is 0.223 e. The fourth-order valence-corrected chi connectivity index (χ4v) is 3.53. The number of carbonyl (C=O) groups excluding carboxylic acids is 1. The number of nitrogens with zero attached hydrogens (tertiary/aromatic N) is 4. The van der Waals surface area contributed by atoms with Crippen LogP contribution in [0.4, 0.5) is 5.82 Å². The first-order valence-corrected chi connectivity index (χ1v) is 8.82. The third kappa shape index (κ3) is 3.67. The van der Waals surface area contributed by atoms with Crippen LogP contribution < -0.4 is 4.90 Å². The first kappa shape index (κ1) is 17.5. The van der Waals surface area contributed by atoms with Gasteiger partial charge in [0.15, 0.2) is 0 Å². The van der Waals surface area contributed by atoms with Crippen LogP contribution in [0, 0.1) is 13.8 Å². The third-order valence-corrected chi connectivity index (χ3v) is 4.96. The summed E-state index contributed by atoms with van der Waals surface area (Å²) < 4.78 is 5.19. The fourth-order valence-electron chi connectivity index (χ4n) is 3.53. The fraction of sp³-hybridized carbons (Fsp3) is 0.526. The number of hydrogen-bond donors (Lipinski definition) is 0. The Morgan fingerprint density at radius 2 is 2.20 bits per heavy atom. The number of hydrogen-bond acceptors (Lipinski definition) is 5. The molecule has 1 aliphatic rings. The molecule has 1 aliphatic heterocycles. The van der Waals surface area contributed by atoms with Crippen LogP contribution in [0.2, 0.25) is 0 Å². The molecule has 1 unspecified atom stereocenters. The van der Waals surface area contributed by atoms with Crippen molar-refractivity contribution in [2.45, 2.75) is 45.6 Å². The zero-order valence-corrected chi connectivity index (χ0v) is 15.5. The van der Waals surface area contributed by atoms with Gasteiger partial charge in [-0.05, 0) is 50.8 Å². The highest BCUT2D eigenvalue weighted by Crippen LogP contribution is 2.33. The van der Waals surface area contributed by atoms with Crippen LogP contribution in [0.25, 0.3) is 0 Å². The summed E-state index contributed by atoms with van der Waals surface area (Å²) in [7, 11) is 3.96. The van der Waals surface area contributed by atoms with Crippen LogP contribution in [-0.4, -0.2) is 41.6 Å². The monoisotopic (exact) mass is 342 g/mol. The summed E-state index contributed by atoms with van der Waals surface area (Å²) in [5, 5.41) is 3.97. The Bertz CT molecular complexity index is 734. The van der Waals surface area contributed by atoms with Crippen molar-refractivity contribution in [3.05, 3.63) is 40.9 Å². The van der Waals surface area contributed by atoms with E-state index in [-0.39, 0.29) is 11.9 Å². The highest BCUT2D eigenvalue weighted by atomic mass is 16.5. The molecule has 0 radical (unpaired) electrons. The maximum atomic E-state index is 12.8. The molecule has 0 N–H and O–H groups in total. The molecule has 6 nitrogen and oxygen atoms in total. The third-order valence-electron chi connectivity index (χ3n) is 4.96. The number of anilines is 1. The number of carbonyl (C=O) groups is 1. The number of aromatic nitrogens is 2. The molecule has 1 fully saturated rings. The van der Waals surface area contributed by atoms with Gasteiger partial charge in [0.05, 0.1) is 11.7 Å². The minimum absolute atomic E-state index is 0.152. The van der Waals surface area contributed by atoms with Crippen LogP contribution in [0.1, 0.15) is 47.9 Å². The van der Waals surface area contributed by atoms with Gasteiger partial charge in [0.25, 0.3) is 0 Å². The predicted molar refractivity (Wildman–Crippen MR) is 96.6 cm³/mol. The molecular weight excluding hydrogens is 316 g/mol. The van der Waals surface area contributed by atoms with E-state index in [1.54, 1.807) is 0 Å². The Hall–Kier alpha value is -2.37. The number of aryl methyl sites for hydroxylation is 2. The van der Waals surface area contributed by atoms with Gasteiger partial charge in [0.1, 0.15) is 11.6 Å². The van der Waals surface area contributed by atoms with E-state index in [1.165, 1.54) is 5.56 Å². The van der Waals surface area contributed by atoms with E-state index < -0.39 is 0 Å². The van der Waals surface area contributed by atoms with Crippen LogP contribution >= 0.6 is 0 Å². The molecule has 0 aliphatic carbocycles. The van der Waals surface area contributed by atoms with E-state index in [0.717, 1.165) is 42.2 Å². The predicted octanol–water partition coefficient (Wildman–Crippen LogP) is 3.05. The Morgan fingerprint density at radius 3 is 2.88 bits per heavy atom. The SMILES string of the molecule is Cc1noc(C)c1CCC(=O)N1CCCC1c1ccnc(N(C)C)c1. The van der Waals surface area contributed by atoms with Crippen LogP contribution in [0.15, 0.2) is 22.9 Å². The maximum absolute atomic E-state index is 12.8. The topological polar surface area (TPSA) is 62.5 Å². The van der Waals surface area contributed by atoms with Crippen molar-refractivity contribution in [2.24, 2.45) is 0 Å². The summed E-state index contributed by atoms with van der Waals surface area (Å²) in [6.45, 7) is 4.65. The number of likely N-dealkylation sites (tertiary alicyclic amines) is 1. The minimum Gasteiger partial charge on any atom is -0.363 e. The Balaban J connectivity index is 1.71. The quantitative estimate of drug-likeness (QED) is 0.836. The molecule has 3 rings (SSSR count). The van der Waals surface area contributed by atoms with E-state index in [4.69, 9.17) is 4.52 Å². The van der Waals surface area contributed by atoms with Gasteiger partial charge >= 0.3 is 0 Å². The van der Waals surface area contributed by atoms with E-state index in [2.05, 4.69) is 16.2 Å². The first-order valence-electron chi connectivity index (χ1n) is 8.82. The van der Waals surface area contributed by atoms with Crippen LogP contribution in [-0.2, 0) is 11.2 Å². The lowest BCUT2D eigenvalue weighted by molar-refractivity contribution is -0.132. The summed E-state index contributed by atoms with van der Waals surface area (Å²) >= 11 is 0. The molecule has 1 atom stereocenters. The molecule has 134 valence electrons. The van der Waals surface area contributed by atoms with Crippen LogP contribution in [0.5, 0.6) is 0 Å². The van der Waals surface area contributed by atoms with Gasteiger partial charge < -0.3 is 14.3 Å². The second kappa shape index (κ2) is 7.25. The highest BCUT2D eigenvalue weighted by molar-refractivity contribution is 5.77. The van der Waals surface area contributed by atoms with E-state index >= 15 is 0 Å². The molecule has 1 amide bonds. The molecule has 0 spiro atoms. The van der Waals surface area contributed by atoms with Crippen molar-refractivity contribution in [3.8, 4) is 0 Å². The molecule has 2 aromatic rings. The van der Waals surface area contributed by atoms with E-state index in [9.17, 15) is 4.79 Å². The summed E-state index contributed by atoms with van der Waals surface area (Å²) in [6.07, 6.45) is 5.05. The highest BCUT2D eigenvalue weighted by Gasteiger charge is 2.30. The summed E-state index contributed by atoms with van der Waals surface area (Å²) in [5.41, 5.74) is 3.11. The molecule has 1 saturated heterocycles. The van der Waals surface area contributed by atoms with E-state index in [0.29, 0.717) is 12.8 Å². The molecule has 2 aromatic heterocycles. The second-order valence-corrected chi connectivity index (χ2v) is 6.89. The molecule has 0 saturated carbocycles. The first-order chi connectivity index (χ1) is 12.0. The average molecular weight is 342 g/mol. The van der Waals surface area contributed by atoms with Crippen molar-refractivity contribution in [2.75, 3.05) is 25.5 Å². The normalized spacial score (nSPS) is 17.1. The van der Waals surface area contributed by atoms with Gasteiger partial charge in [-0.2, -0.15) is 0 Å². The van der Waals surface area contributed by atoms with Gasteiger partial charge in [-0.15, -0.1) is 0 Å². The molecule has 0 aromatic carbocycles. The lowest BCUT2D eigenvalue weighted by Crippen LogP contribution is -2.31. The molecule has 25 heavy (non-hydrogen) atoms. The number of rotatable bonds is 5. The Kier molecular flexibility index (Phi) is 5.06. The van der Waals surface area contributed by atoms with Crippen LogP contribution in [0.3, 0.4) is 0 Å². The lowest BCUT2D eigenvalue weighted by Gasteiger charge is -2.26. The van der Waals surface area contributed by atoms with Crippen molar-refractivity contribution in [1.82, 2.24) is 15.0 Å². The Labute approximate surface area is 148 Å². The molecule has 6 heteroatoms. The van der Waals surface area contributed by atoms with Crippen molar-refractivity contribution in [3.63, 3.8) is 0 Å². The van der Waals surface area contributed by atoms with E-state index in [1.807, 2.05) is 50.0 Å². The zero-order chi connectivity index (χ0) is 18.0. The van der Waals surface area contributed by atoms with Crippen molar-refractivity contribution in [1.29, 1.82) is 0 Å². The van der Waals surface area contributed by atoms with Gasteiger partial charge in [0, 0.05) is 38.8 Å². The number of amides is 1. The molecule has 3 heterocycles. The van der Waals surface area contributed by atoms with Gasteiger partial charge in [0.2, 0.25) is 5.91 Å². The number of pyridine rings is 1. The summed E-state index contributed by atoms with van der Waals surface area (Å²) in [6, 6.07) is 4.26. The largest absolute Gasteiger partial charge is 0.363 e. The molecular formula is C19H26N4O2. The standard InChI is InChI=1S/C19H26N4O2/c1-13-16(14(2)25-21-13)7-8-19(24)23-11-5-6-17(23)15-9-10-20-18(12-15)22(3)4/h9-10,12,17H,5-8,11H2,1-4H3.